The van der Waals surface area contributed by atoms with E-state index < -0.39 is 48.0 Å². The summed E-state index contributed by atoms with van der Waals surface area (Å²) in [6.45, 7) is 0. The van der Waals surface area contributed by atoms with Crippen LogP contribution in [0.5, 0.6) is 11.5 Å². The van der Waals surface area contributed by atoms with Crippen LogP contribution >= 0.6 is 11.6 Å². The van der Waals surface area contributed by atoms with Gasteiger partial charge in [0, 0.05) is 12.5 Å². The normalized spacial score (nSPS) is 17.5. The van der Waals surface area contributed by atoms with E-state index in [1.807, 2.05) is 0 Å². The van der Waals surface area contributed by atoms with Gasteiger partial charge in [-0.15, -0.1) is 0 Å². The molecular formula is C23H19ClF6N4O3. The molecule has 14 heteroatoms. The second-order valence-electron chi connectivity index (χ2n) is 8.11. The van der Waals surface area contributed by atoms with Gasteiger partial charge >= 0.3 is 12.4 Å². The Morgan fingerprint density at radius 3 is 2.38 bits per heavy atom. The molecular weight excluding hydrogens is 530 g/mol. The number of hydrogen-bond donors (Lipinski definition) is 2. The molecule has 1 aliphatic rings. The molecule has 37 heavy (non-hydrogen) atoms. The molecule has 2 heterocycles. The van der Waals surface area contributed by atoms with Gasteiger partial charge in [-0.2, -0.15) is 31.4 Å². The third kappa shape index (κ3) is 5.41. The van der Waals surface area contributed by atoms with Crippen molar-refractivity contribution < 1.29 is 40.6 Å². The summed E-state index contributed by atoms with van der Waals surface area (Å²) in [7, 11) is 2.82. The molecule has 4 rings (SSSR count). The maximum atomic E-state index is 14.0. The number of halogens is 7. The third-order valence-electron chi connectivity index (χ3n) is 5.77. The van der Waals surface area contributed by atoms with E-state index in [1.165, 1.54) is 14.2 Å². The number of aromatic nitrogens is 2. The van der Waals surface area contributed by atoms with Crippen LogP contribution in [0.25, 0.3) is 0 Å². The monoisotopic (exact) mass is 548 g/mol. The van der Waals surface area contributed by atoms with Crippen LogP contribution in [-0.2, 0) is 6.18 Å². The minimum absolute atomic E-state index is 0.103. The number of fused-ring (bicyclic) bond motifs is 1. The predicted molar refractivity (Wildman–Crippen MR) is 122 cm³/mol. The van der Waals surface area contributed by atoms with Crippen LogP contribution in [0.4, 0.5) is 37.8 Å². The van der Waals surface area contributed by atoms with Crippen LogP contribution < -0.4 is 20.1 Å². The number of nitrogens with zero attached hydrogens (tertiary/aromatic N) is 2. The summed E-state index contributed by atoms with van der Waals surface area (Å²) in [5.74, 6) is -0.420. The Morgan fingerprint density at radius 1 is 1.05 bits per heavy atom. The van der Waals surface area contributed by atoms with Crippen LogP contribution in [0, 0.1) is 0 Å². The Hall–Kier alpha value is -3.61. The van der Waals surface area contributed by atoms with Gasteiger partial charge in [-0.05, 0) is 35.9 Å². The maximum Gasteiger partial charge on any atom is 0.416 e. The molecule has 0 spiro atoms. The van der Waals surface area contributed by atoms with E-state index in [9.17, 15) is 31.1 Å². The topological polar surface area (TPSA) is 77.4 Å². The van der Waals surface area contributed by atoms with Gasteiger partial charge in [0.1, 0.15) is 5.82 Å². The SMILES string of the molecule is COc1ccc([C@@H]2C[C@@H](C(F)(F)F)n3nc(C(=O)Nc4cc(C(F)(F)F)ccc4Cl)cc3N2)cc1OC. The van der Waals surface area contributed by atoms with Crippen LogP contribution in [0.1, 0.15) is 40.1 Å². The number of carbonyl (C=O) groups excluding carboxylic acids is 1. The zero-order chi connectivity index (χ0) is 27.1. The number of ether oxygens (including phenoxy) is 2. The molecule has 0 saturated carbocycles. The molecule has 2 N–H and O–H groups in total. The van der Waals surface area contributed by atoms with Crippen molar-refractivity contribution in [1.29, 1.82) is 0 Å². The molecule has 0 saturated heterocycles. The highest BCUT2D eigenvalue weighted by Crippen LogP contribution is 2.45. The standard InChI is InChI=1S/C23H19ClF6N4O3/c1-36-17-6-3-11(7-18(17)37-2)14-9-19(23(28,29)30)34-20(31-14)10-16(33-34)21(35)32-15-8-12(22(25,26)27)4-5-13(15)24/h3-8,10,14,19,31H,9H2,1-2H3,(H,32,35)/t14-,19-/m0/s1. The zero-order valence-corrected chi connectivity index (χ0v) is 19.9. The van der Waals surface area contributed by atoms with Gasteiger partial charge in [0.05, 0.1) is 36.5 Å². The van der Waals surface area contributed by atoms with Crippen LogP contribution in [0.15, 0.2) is 42.5 Å². The fourth-order valence-electron chi connectivity index (χ4n) is 3.96. The smallest absolute Gasteiger partial charge is 0.416 e. The Labute approximate surface area is 211 Å². The van der Waals surface area contributed by atoms with E-state index in [-0.39, 0.29) is 16.5 Å². The number of methoxy groups -OCH3 is 2. The van der Waals surface area contributed by atoms with Crippen LogP contribution in [0.3, 0.4) is 0 Å². The van der Waals surface area contributed by atoms with Crippen LogP contribution in [0.2, 0.25) is 5.02 Å². The summed E-state index contributed by atoms with van der Waals surface area (Å²) in [5.41, 5.74) is -1.40. The highest BCUT2D eigenvalue weighted by Gasteiger charge is 2.47. The quantitative estimate of drug-likeness (QED) is 0.357. The Bertz CT molecular complexity index is 1320. The first kappa shape index (κ1) is 26.5. The van der Waals surface area contributed by atoms with Gasteiger partial charge in [-0.1, -0.05) is 17.7 Å². The van der Waals surface area contributed by atoms with Crippen molar-refractivity contribution in [2.24, 2.45) is 0 Å². The summed E-state index contributed by atoms with van der Waals surface area (Å²) in [6, 6.07) is 5.17. The summed E-state index contributed by atoms with van der Waals surface area (Å²) >= 11 is 5.91. The van der Waals surface area contributed by atoms with Gasteiger partial charge < -0.3 is 20.1 Å². The molecule has 0 aliphatic carbocycles. The van der Waals surface area contributed by atoms with Crippen molar-refractivity contribution in [1.82, 2.24) is 9.78 Å². The second-order valence-corrected chi connectivity index (χ2v) is 8.52. The molecule has 0 unspecified atom stereocenters. The van der Waals surface area contributed by atoms with E-state index in [1.54, 1.807) is 18.2 Å². The molecule has 1 aliphatic heterocycles. The molecule has 2 aromatic carbocycles. The summed E-state index contributed by atoms with van der Waals surface area (Å²) in [5, 5.41) is 8.73. The highest BCUT2D eigenvalue weighted by molar-refractivity contribution is 6.33. The Morgan fingerprint density at radius 2 is 1.76 bits per heavy atom. The number of nitrogens with one attached hydrogen (secondary N) is 2. The van der Waals surface area contributed by atoms with Crippen LogP contribution in [-0.4, -0.2) is 36.1 Å². The zero-order valence-electron chi connectivity index (χ0n) is 19.2. The van der Waals surface area contributed by atoms with Crippen molar-refractivity contribution in [3.63, 3.8) is 0 Å². The molecule has 7 nitrogen and oxygen atoms in total. The molecule has 198 valence electrons. The first-order valence-electron chi connectivity index (χ1n) is 10.6. The average molecular weight is 549 g/mol. The number of carbonyl (C=O) groups is 1. The van der Waals surface area contributed by atoms with Gasteiger partial charge in [-0.3, -0.25) is 4.79 Å². The van der Waals surface area contributed by atoms with E-state index in [0.717, 1.165) is 18.2 Å². The molecule has 2 atom stereocenters. The number of anilines is 2. The molecule has 1 aromatic heterocycles. The van der Waals surface area contributed by atoms with E-state index in [2.05, 4.69) is 15.7 Å². The van der Waals surface area contributed by atoms with Gasteiger partial charge in [0.15, 0.2) is 23.2 Å². The van der Waals surface area contributed by atoms with Gasteiger partial charge in [0.2, 0.25) is 0 Å². The fraction of sp³-hybridized carbons (Fsp3) is 0.304. The molecule has 1 amide bonds. The summed E-state index contributed by atoms with van der Waals surface area (Å²) in [4.78, 5) is 12.7. The lowest BCUT2D eigenvalue weighted by Crippen LogP contribution is -2.35. The van der Waals surface area contributed by atoms with Gasteiger partial charge in [-0.25, -0.2) is 4.68 Å². The average Bonchev–Trinajstić information content (AvgIpc) is 3.27. The number of rotatable bonds is 5. The van der Waals surface area contributed by atoms with E-state index in [0.29, 0.717) is 27.8 Å². The van der Waals surface area contributed by atoms with Gasteiger partial charge in [0.25, 0.3) is 5.91 Å². The van der Waals surface area contributed by atoms with Crippen molar-refractivity contribution in [2.75, 3.05) is 24.9 Å². The lowest BCUT2D eigenvalue weighted by atomic mass is 9.96. The minimum atomic E-state index is -4.71. The number of hydrogen-bond acceptors (Lipinski definition) is 5. The maximum absolute atomic E-state index is 14.0. The highest BCUT2D eigenvalue weighted by atomic mass is 35.5. The summed E-state index contributed by atoms with van der Waals surface area (Å²) in [6.07, 6.45) is -9.86. The Kier molecular flexibility index (Phi) is 6.93. The first-order chi connectivity index (χ1) is 17.3. The first-order valence-corrected chi connectivity index (χ1v) is 11.0. The minimum Gasteiger partial charge on any atom is -0.493 e. The molecule has 3 aromatic rings. The van der Waals surface area contributed by atoms with E-state index >= 15 is 0 Å². The van der Waals surface area contributed by atoms with Crippen molar-refractivity contribution >= 4 is 29.0 Å². The predicted octanol–water partition coefficient (Wildman–Crippen LogP) is 6.49. The fourth-order valence-corrected chi connectivity index (χ4v) is 4.12. The molecule has 0 radical (unpaired) electrons. The van der Waals surface area contributed by atoms with Crippen molar-refractivity contribution in [2.45, 2.75) is 30.9 Å². The van der Waals surface area contributed by atoms with Crippen molar-refractivity contribution in [3.8, 4) is 11.5 Å². The third-order valence-corrected chi connectivity index (χ3v) is 6.10. The lowest BCUT2D eigenvalue weighted by Gasteiger charge is -2.33. The summed E-state index contributed by atoms with van der Waals surface area (Å²) < 4.78 is 92.1. The number of benzene rings is 2. The number of alkyl halides is 6. The lowest BCUT2D eigenvalue weighted by molar-refractivity contribution is -0.173. The number of amides is 1. The van der Waals surface area contributed by atoms with Crippen molar-refractivity contribution in [3.05, 3.63) is 64.3 Å². The largest absolute Gasteiger partial charge is 0.493 e. The molecule has 0 fully saturated rings. The van der Waals surface area contributed by atoms with E-state index in [4.69, 9.17) is 21.1 Å². The molecule has 0 bridgehead atoms. The Balaban J connectivity index is 1.65. The second kappa shape index (κ2) is 9.69.